The summed E-state index contributed by atoms with van der Waals surface area (Å²) in [6, 6.07) is 23.9. The number of nitrogens with one attached hydrogen (secondary N) is 1. The number of aromatic nitrogens is 2. The Balaban J connectivity index is 1.38. The number of carbonyl (C=O) groups is 1. The van der Waals surface area contributed by atoms with E-state index in [-0.39, 0.29) is 11.7 Å². The number of anilines is 1. The maximum atomic E-state index is 12.4. The van der Waals surface area contributed by atoms with Crippen LogP contribution >= 0.6 is 23.4 Å². The fourth-order valence-electron chi connectivity index (χ4n) is 3.79. The van der Waals surface area contributed by atoms with E-state index in [1.807, 2.05) is 60.7 Å². The third-order valence-corrected chi connectivity index (χ3v) is 6.86. The van der Waals surface area contributed by atoms with Crippen molar-refractivity contribution in [2.75, 3.05) is 23.7 Å². The van der Waals surface area contributed by atoms with Gasteiger partial charge in [0.15, 0.2) is 5.16 Å². The van der Waals surface area contributed by atoms with Crippen LogP contribution in [0.2, 0.25) is 5.02 Å². The zero-order chi connectivity index (χ0) is 24.6. The molecule has 3 aromatic carbocycles. The Morgan fingerprint density at radius 1 is 1.06 bits per heavy atom. The molecule has 1 heterocycles. The normalized spacial score (nSPS) is 11.3. The van der Waals surface area contributed by atoms with Crippen molar-refractivity contribution in [3.05, 3.63) is 88.9 Å². The summed E-state index contributed by atoms with van der Waals surface area (Å²) in [5.41, 5.74) is 7.76. The topological polar surface area (TPSA) is 62.5 Å². The van der Waals surface area contributed by atoms with Gasteiger partial charge in [0.05, 0.1) is 29.5 Å². The molecule has 4 aromatic rings. The lowest BCUT2D eigenvalue weighted by molar-refractivity contribution is -0.118. The molecule has 6 nitrogen and oxygen atoms in total. The minimum absolute atomic E-state index is 0.184. The summed E-state index contributed by atoms with van der Waals surface area (Å²) < 4.78 is 2.12. The fraction of sp³-hybridized carbons (Fsp3) is 0.222. The molecule has 0 spiro atoms. The van der Waals surface area contributed by atoms with Gasteiger partial charge in [-0.15, -0.1) is 0 Å². The number of rotatable bonds is 10. The predicted octanol–water partition coefficient (Wildman–Crippen LogP) is 5.83. The Morgan fingerprint density at radius 3 is 2.49 bits per heavy atom. The highest BCUT2D eigenvalue weighted by Crippen LogP contribution is 2.25. The minimum atomic E-state index is -0.184. The van der Waals surface area contributed by atoms with Gasteiger partial charge in [0.2, 0.25) is 0 Å². The van der Waals surface area contributed by atoms with Crippen LogP contribution in [0.5, 0.6) is 0 Å². The van der Waals surface area contributed by atoms with Gasteiger partial charge in [-0.1, -0.05) is 59.8 Å². The number of fused-ring (bicyclic) bond motifs is 1. The fourth-order valence-corrected chi connectivity index (χ4v) is 4.72. The maximum Gasteiger partial charge on any atom is 0.250 e. The number of hydrogen-bond acceptors (Lipinski definition) is 5. The molecule has 0 saturated heterocycles. The largest absolute Gasteiger partial charge is 0.372 e. The number of halogens is 1. The molecule has 1 amide bonds. The molecule has 180 valence electrons. The molecule has 35 heavy (non-hydrogen) atoms. The third-order valence-electron chi connectivity index (χ3n) is 5.63. The summed E-state index contributed by atoms with van der Waals surface area (Å²) in [6.45, 7) is 6.85. The molecule has 0 aliphatic heterocycles. The molecule has 0 radical (unpaired) electrons. The molecule has 0 unspecified atom stereocenters. The second-order valence-corrected chi connectivity index (χ2v) is 9.32. The molecular weight excluding hydrogens is 478 g/mol. The zero-order valence-electron chi connectivity index (χ0n) is 19.8. The number of benzene rings is 3. The Bertz CT molecular complexity index is 1300. The van der Waals surface area contributed by atoms with Gasteiger partial charge in [-0.25, -0.2) is 10.4 Å². The van der Waals surface area contributed by atoms with Gasteiger partial charge < -0.3 is 9.47 Å². The van der Waals surface area contributed by atoms with E-state index in [0.29, 0.717) is 11.6 Å². The maximum absolute atomic E-state index is 12.4. The number of para-hydroxylation sites is 2. The van der Waals surface area contributed by atoms with Crippen LogP contribution in [-0.4, -0.2) is 40.5 Å². The molecule has 0 fully saturated rings. The Morgan fingerprint density at radius 2 is 1.77 bits per heavy atom. The van der Waals surface area contributed by atoms with Crippen LogP contribution in [0.3, 0.4) is 0 Å². The molecule has 0 aliphatic rings. The summed E-state index contributed by atoms with van der Waals surface area (Å²) in [5, 5.41) is 5.61. The first-order valence-corrected chi connectivity index (χ1v) is 12.9. The highest BCUT2D eigenvalue weighted by molar-refractivity contribution is 7.99. The Kier molecular flexibility index (Phi) is 8.45. The second kappa shape index (κ2) is 11.9. The minimum Gasteiger partial charge on any atom is -0.372 e. The van der Waals surface area contributed by atoms with E-state index < -0.39 is 0 Å². The number of hydrogen-bond donors (Lipinski definition) is 1. The van der Waals surface area contributed by atoms with Crippen LogP contribution in [-0.2, 0) is 11.3 Å². The van der Waals surface area contributed by atoms with Crippen LogP contribution in [0.25, 0.3) is 11.0 Å². The molecule has 0 bridgehead atoms. The first-order chi connectivity index (χ1) is 17.1. The predicted molar refractivity (Wildman–Crippen MR) is 147 cm³/mol. The van der Waals surface area contributed by atoms with Crippen LogP contribution in [0.15, 0.2) is 83.1 Å². The highest BCUT2D eigenvalue weighted by Gasteiger charge is 2.13. The Labute approximate surface area is 215 Å². The number of nitrogens with zero attached hydrogens (tertiary/aromatic N) is 4. The number of imidazole rings is 1. The van der Waals surface area contributed by atoms with Crippen molar-refractivity contribution in [3.8, 4) is 0 Å². The number of carbonyl (C=O) groups excluding carboxylic acids is 1. The van der Waals surface area contributed by atoms with E-state index in [2.05, 4.69) is 46.0 Å². The van der Waals surface area contributed by atoms with Crippen LogP contribution in [0.1, 0.15) is 25.0 Å². The SMILES string of the molecule is CCN(CC)c1ccc(/C=N\NC(=O)CSc2nc3ccccc3n2Cc2ccc(Cl)cc2)cc1. The molecule has 1 N–H and O–H groups in total. The summed E-state index contributed by atoms with van der Waals surface area (Å²) >= 11 is 7.43. The average Bonchev–Trinajstić information content (AvgIpc) is 3.23. The third kappa shape index (κ3) is 6.44. The van der Waals surface area contributed by atoms with Crippen LogP contribution in [0.4, 0.5) is 5.69 Å². The van der Waals surface area contributed by atoms with E-state index in [9.17, 15) is 4.79 Å². The van der Waals surface area contributed by atoms with Crippen LogP contribution < -0.4 is 10.3 Å². The zero-order valence-corrected chi connectivity index (χ0v) is 21.4. The Hall–Kier alpha value is -3.29. The molecule has 4 rings (SSSR count). The van der Waals surface area contributed by atoms with Crippen molar-refractivity contribution >= 4 is 52.2 Å². The molecular formula is C27H28ClN5OS. The lowest BCUT2D eigenvalue weighted by Crippen LogP contribution is -2.21. The first kappa shape index (κ1) is 24.8. The van der Waals surface area contributed by atoms with Crippen molar-refractivity contribution in [2.24, 2.45) is 5.10 Å². The van der Waals surface area contributed by atoms with Crippen molar-refractivity contribution in [2.45, 2.75) is 25.5 Å². The standard InChI is InChI=1S/C27H28ClN5OS/c1-3-32(4-2)23-15-11-20(12-16-23)17-29-31-26(34)19-35-27-30-24-7-5-6-8-25(24)33(27)18-21-9-13-22(28)14-10-21/h5-17H,3-4,18-19H2,1-2H3,(H,31,34)/b29-17-. The summed E-state index contributed by atoms with van der Waals surface area (Å²) in [5.74, 6) is 0.0263. The smallest absolute Gasteiger partial charge is 0.250 e. The van der Waals surface area contributed by atoms with Gasteiger partial charge in [-0.3, -0.25) is 4.79 Å². The molecule has 0 saturated carbocycles. The molecule has 1 aromatic heterocycles. The van der Waals surface area contributed by atoms with Gasteiger partial charge in [0.25, 0.3) is 5.91 Å². The van der Waals surface area contributed by atoms with Crippen molar-refractivity contribution in [1.29, 1.82) is 0 Å². The molecule has 0 aliphatic carbocycles. The van der Waals surface area contributed by atoms with Gasteiger partial charge in [-0.2, -0.15) is 5.10 Å². The van der Waals surface area contributed by atoms with E-state index >= 15 is 0 Å². The monoisotopic (exact) mass is 505 g/mol. The summed E-state index contributed by atoms with van der Waals surface area (Å²) in [7, 11) is 0. The van der Waals surface area contributed by atoms with Gasteiger partial charge in [0, 0.05) is 23.8 Å². The first-order valence-electron chi connectivity index (χ1n) is 11.6. The number of thioether (sulfide) groups is 1. The van der Waals surface area contributed by atoms with Crippen LogP contribution in [0, 0.1) is 0 Å². The lowest BCUT2D eigenvalue weighted by Gasteiger charge is -2.20. The molecule has 0 atom stereocenters. The lowest BCUT2D eigenvalue weighted by atomic mass is 10.2. The second-order valence-electron chi connectivity index (χ2n) is 7.94. The quantitative estimate of drug-likeness (QED) is 0.167. The van der Waals surface area contributed by atoms with Crippen molar-refractivity contribution < 1.29 is 4.79 Å². The highest BCUT2D eigenvalue weighted by atomic mass is 35.5. The molecule has 8 heteroatoms. The number of amides is 1. The van der Waals surface area contributed by atoms with Gasteiger partial charge >= 0.3 is 0 Å². The average molecular weight is 506 g/mol. The van der Waals surface area contributed by atoms with E-state index in [1.54, 1.807) is 6.21 Å². The van der Waals surface area contributed by atoms with E-state index in [4.69, 9.17) is 16.6 Å². The van der Waals surface area contributed by atoms with Gasteiger partial charge in [-0.05, 0) is 61.4 Å². The summed E-state index contributed by atoms with van der Waals surface area (Å²) in [4.78, 5) is 19.5. The van der Waals surface area contributed by atoms with E-state index in [1.165, 1.54) is 17.4 Å². The van der Waals surface area contributed by atoms with Crippen molar-refractivity contribution in [1.82, 2.24) is 15.0 Å². The summed E-state index contributed by atoms with van der Waals surface area (Å²) in [6.07, 6.45) is 1.66. The van der Waals surface area contributed by atoms with Gasteiger partial charge in [0.1, 0.15) is 0 Å². The van der Waals surface area contributed by atoms with Crippen molar-refractivity contribution in [3.63, 3.8) is 0 Å². The van der Waals surface area contributed by atoms with E-state index in [0.717, 1.165) is 40.4 Å². The number of hydrazone groups is 1.